The summed E-state index contributed by atoms with van der Waals surface area (Å²) in [5, 5.41) is 24.8. The number of carbonyl (C=O) groups is 2. The van der Waals surface area contributed by atoms with Gasteiger partial charge in [0.25, 0.3) is 0 Å². The number of rotatable bonds is 12. The molecule has 0 aromatic carbocycles. The van der Waals surface area contributed by atoms with E-state index in [1.54, 1.807) is 27.7 Å². The summed E-state index contributed by atoms with van der Waals surface area (Å²) in [4.78, 5) is 22.0. The number of thiocarbonyl (C=S) groups is 1. The quantitative estimate of drug-likeness (QED) is 0.314. The third-order valence-corrected chi connectivity index (χ3v) is 4.47. The molecule has 0 unspecified atom stereocenters. The molecule has 24 heavy (non-hydrogen) atoms. The van der Waals surface area contributed by atoms with Crippen LogP contribution in [0.5, 0.6) is 0 Å². The number of unbranched alkanes of at least 4 members (excludes halogenated alkanes) is 2. The van der Waals surface area contributed by atoms with Gasteiger partial charge in [-0.3, -0.25) is 9.59 Å². The maximum absolute atomic E-state index is 11.0. The van der Waals surface area contributed by atoms with Gasteiger partial charge in [-0.2, -0.15) is 0 Å². The van der Waals surface area contributed by atoms with Crippen molar-refractivity contribution in [1.29, 1.82) is 0 Å². The maximum atomic E-state index is 11.0. The SMILES string of the molecule is CC(C)(CCCCNC(=S)NCCCCC(C)(C)C(=O)O)C(=O)O. The molecule has 4 N–H and O–H groups in total. The summed E-state index contributed by atoms with van der Waals surface area (Å²) in [5.41, 5.74) is -1.36. The van der Waals surface area contributed by atoms with Crippen LogP contribution < -0.4 is 10.6 Å². The largest absolute Gasteiger partial charge is 0.481 e. The first kappa shape index (κ1) is 22.6. The van der Waals surface area contributed by atoms with Crippen molar-refractivity contribution in [2.75, 3.05) is 13.1 Å². The van der Waals surface area contributed by atoms with Crippen molar-refractivity contribution in [2.45, 2.75) is 66.2 Å². The molecule has 0 saturated carbocycles. The first-order valence-corrected chi connectivity index (χ1v) is 8.88. The van der Waals surface area contributed by atoms with Crippen molar-refractivity contribution in [3.05, 3.63) is 0 Å². The monoisotopic (exact) mass is 360 g/mol. The third-order valence-electron chi connectivity index (χ3n) is 4.19. The average Bonchev–Trinajstić information content (AvgIpc) is 2.45. The van der Waals surface area contributed by atoms with Crippen molar-refractivity contribution in [2.24, 2.45) is 10.8 Å². The Balaban J connectivity index is 3.65. The van der Waals surface area contributed by atoms with E-state index >= 15 is 0 Å². The van der Waals surface area contributed by atoms with Crippen LogP contribution in [-0.2, 0) is 9.59 Å². The van der Waals surface area contributed by atoms with Crippen molar-refractivity contribution >= 4 is 29.3 Å². The van der Waals surface area contributed by atoms with E-state index in [1.165, 1.54) is 0 Å². The summed E-state index contributed by atoms with van der Waals surface area (Å²) in [6.45, 7) is 8.38. The van der Waals surface area contributed by atoms with Gasteiger partial charge in [-0.05, 0) is 65.6 Å². The van der Waals surface area contributed by atoms with Crippen molar-refractivity contribution < 1.29 is 19.8 Å². The van der Waals surface area contributed by atoms with Crippen LogP contribution in [0.15, 0.2) is 0 Å². The Hall–Kier alpha value is -1.37. The molecule has 0 heterocycles. The highest BCUT2D eigenvalue weighted by molar-refractivity contribution is 7.80. The standard InChI is InChI=1S/C17H32N2O4S/c1-16(2,13(20)21)9-5-7-11-18-15(24)19-12-8-6-10-17(3,4)14(22)23/h5-12H2,1-4H3,(H,20,21)(H,22,23)(H2,18,19,24). The molecule has 0 saturated heterocycles. The lowest BCUT2D eigenvalue weighted by Gasteiger charge is -2.19. The molecule has 0 fully saturated rings. The van der Waals surface area contributed by atoms with E-state index in [-0.39, 0.29) is 0 Å². The maximum Gasteiger partial charge on any atom is 0.309 e. The lowest BCUT2D eigenvalue weighted by molar-refractivity contribution is -0.148. The van der Waals surface area contributed by atoms with Crippen LogP contribution in [-0.4, -0.2) is 40.4 Å². The molecule has 0 aliphatic carbocycles. The number of aliphatic carboxylic acids is 2. The first-order chi connectivity index (χ1) is 11.0. The Morgan fingerprint density at radius 1 is 0.792 bits per heavy atom. The zero-order chi connectivity index (χ0) is 18.8. The topological polar surface area (TPSA) is 98.7 Å². The molecule has 0 rings (SSSR count). The fraction of sp³-hybridized carbons (Fsp3) is 0.824. The summed E-state index contributed by atoms with van der Waals surface area (Å²) in [6, 6.07) is 0. The van der Waals surface area contributed by atoms with Gasteiger partial charge in [-0.25, -0.2) is 0 Å². The highest BCUT2D eigenvalue weighted by atomic mass is 32.1. The lowest BCUT2D eigenvalue weighted by Crippen LogP contribution is -2.36. The minimum atomic E-state index is -0.765. The lowest BCUT2D eigenvalue weighted by atomic mass is 9.87. The number of hydrogen-bond acceptors (Lipinski definition) is 3. The van der Waals surface area contributed by atoms with Crippen LogP contribution in [0.25, 0.3) is 0 Å². The number of hydrogen-bond donors (Lipinski definition) is 4. The summed E-state index contributed by atoms with van der Waals surface area (Å²) in [5.74, 6) is -1.53. The highest BCUT2D eigenvalue weighted by Gasteiger charge is 2.26. The molecule has 0 amide bonds. The van der Waals surface area contributed by atoms with Crippen molar-refractivity contribution in [3.8, 4) is 0 Å². The Labute approximate surface area is 150 Å². The van der Waals surface area contributed by atoms with E-state index in [9.17, 15) is 9.59 Å². The van der Waals surface area contributed by atoms with E-state index in [0.717, 1.165) is 25.7 Å². The first-order valence-electron chi connectivity index (χ1n) is 8.47. The van der Waals surface area contributed by atoms with Crippen LogP contribution >= 0.6 is 12.2 Å². The normalized spacial score (nSPS) is 11.8. The smallest absolute Gasteiger partial charge is 0.309 e. The van der Waals surface area contributed by atoms with E-state index < -0.39 is 22.8 Å². The fourth-order valence-electron chi connectivity index (χ4n) is 2.06. The summed E-state index contributed by atoms with van der Waals surface area (Å²) < 4.78 is 0. The van der Waals surface area contributed by atoms with Gasteiger partial charge in [-0.15, -0.1) is 0 Å². The van der Waals surface area contributed by atoms with Gasteiger partial charge in [0.05, 0.1) is 10.8 Å². The second-order valence-corrected chi connectivity index (χ2v) is 7.88. The van der Waals surface area contributed by atoms with Crippen LogP contribution in [0, 0.1) is 10.8 Å². The Bertz CT molecular complexity index is 398. The van der Waals surface area contributed by atoms with E-state index in [0.29, 0.717) is 31.0 Å². The molecular formula is C17H32N2O4S. The van der Waals surface area contributed by atoms with Gasteiger partial charge in [0.15, 0.2) is 5.11 Å². The molecule has 0 aromatic heterocycles. The van der Waals surface area contributed by atoms with Crippen LogP contribution in [0.4, 0.5) is 0 Å². The molecule has 0 spiro atoms. The summed E-state index contributed by atoms with van der Waals surface area (Å²) >= 11 is 5.17. The molecule has 140 valence electrons. The van der Waals surface area contributed by atoms with Crippen LogP contribution in [0.2, 0.25) is 0 Å². The molecule has 0 aromatic rings. The second kappa shape index (κ2) is 10.5. The Morgan fingerprint density at radius 3 is 1.42 bits per heavy atom. The molecule has 7 heteroatoms. The van der Waals surface area contributed by atoms with Crippen LogP contribution in [0.3, 0.4) is 0 Å². The van der Waals surface area contributed by atoms with Crippen molar-refractivity contribution in [3.63, 3.8) is 0 Å². The number of nitrogens with one attached hydrogen (secondary N) is 2. The van der Waals surface area contributed by atoms with Gasteiger partial charge < -0.3 is 20.8 Å². The minimum Gasteiger partial charge on any atom is -0.481 e. The van der Waals surface area contributed by atoms with Gasteiger partial charge in [0, 0.05) is 13.1 Å². The summed E-state index contributed by atoms with van der Waals surface area (Å²) in [7, 11) is 0. The van der Waals surface area contributed by atoms with Gasteiger partial charge in [-0.1, -0.05) is 12.8 Å². The van der Waals surface area contributed by atoms with Gasteiger partial charge >= 0.3 is 11.9 Å². The molecule has 6 nitrogen and oxygen atoms in total. The highest BCUT2D eigenvalue weighted by Crippen LogP contribution is 2.23. The van der Waals surface area contributed by atoms with E-state index in [2.05, 4.69) is 10.6 Å². The van der Waals surface area contributed by atoms with E-state index in [4.69, 9.17) is 22.4 Å². The van der Waals surface area contributed by atoms with Gasteiger partial charge in [0.2, 0.25) is 0 Å². The van der Waals surface area contributed by atoms with Crippen LogP contribution in [0.1, 0.15) is 66.2 Å². The molecule has 0 aliphatic heterocycles. The van der Waals surface area contributed by atoms with Crippen molar-refractivity contribution in [1.82, 2.24) is 10.6 Å². The molecule has 0 aliphatic rings. The molecule has 0 radical (unpaired) electrons. The predicted octanol–water partition coefficient (Wildman–Crippen LogP) is 3.01. The molecule has 0 atom stereocenters. The third kappa shape index (κ3) is 9.70. The Kier molecular flexibility index (Phi) is 9.89. The number of carboxylic acid groups (broad SMARTS) is 2. The zero-order valence-electron chi connectivity index (χ0n) is 15.3. The van der Waals surface area contributed by atoms with Gasteiger partial charge in [0.1, 0.15) is 0 Å². The summed E-state index contributed by atoms with van der Waals surface area (Å²) in [6.07, 6.45) is 4.68. The minimum absolute atomic E-state index is 0.588. The Morgan fingerprint density at radius 2 is 1.12 bits per heavy atom. The van der Waals surface area contributed by atoms with E-state index in [1.807, 2.05) is 0 Å². The molecule has 0 bridgehead atoms. The molecular weight excluding hydrogens is 328 g/mol. The zero-order valence-corrected chi connectivity index (χ0v) is 16.1. The average molecular weight is 361 g/mol. The second-order valence-electron chi connectivity index (χ2n) is 7.47. The number of carboxylic acids is 2. The fourth-order valence-corrected chi connectivity index (χ4v) is 2.27. The predicted molar refractivity (Wildman–Crippen MR) is 99.1 cm³/mol.